The van der Waals surface area contributed by atoms with E-state index >= 15 is 0 Å². The molecule has 2 aromatic rings. The highest BCUT2D eigenvalue weighted by Crippen LogP contribution is 2.22. The Morgan fingerprint density at radius 3 is 3.31 bits per heavy atom. The summed E-state index contributed by atoms with van der Waals surface area (Å²) < 4.78 is 7.19. The van der Waals surface area contributed by atoms with E-state index in [9.17, 15) is 4.79 Å². The van der Waals surface area contributed by atoms with E-state index in [1.807, 2.05) is 0 Å². The van der Waals surface area contributed by atoms with Crippen LogP contribution in [0.3, 0.4) is 0 Å². The van der Waals surface area contributed by atoms with Gasteiger partial charge in [-0.05, 0) is 12.8 Å². The van der Waals surface area contributed by atoms with Crippen LogP contribution in [0.15, 0.2) is 23.1 Å². The Balaban J connectivity index is 2.00. The maximum atomic E-state index is 11.2. The van der Waals surface area contributed by atoms with Crippen LogP contribution in [-0.2, 0) is 4.74 Å². The van der Waals surface area contributed by atoms with Crippen molar-refractivity contribution in [3.63, 3.8) is 0 Å². The standard InChI is InChI=1S/C11H13N3O2/c15-9-3-4-14-10(6-9)12-11(13-14)8-2-1-5-16-7-8/h3-4,6,8H,1-2,5,7H2,(H,12,13). The van der Waals surface area contributed by atoms with Crippen molar-refractivity contribution < 1.29 is 4.74 Å². The summed E-state index contributed by atoms with van der Waals surface area (Å²) in [6, 6.07) is 3.05. The van der Waals surface area contributed by atoms with Crippen LogP contribution >= 0.6 is 0 Å². The van der Waals surface area contributed by atoms with Crippen LogP contribution in [0.25, 0.3) is 5.65 Å². The van der Waals surface area contributed by atoms with E-state index in [4.69, 9.17) is 4.74 Å². The zero-order valence-corrected chi connectivity index (χ0v) is 8.85. The lowest BCUT2D eigenvalue weighted by Gasteiger charge is -2.19. The van der Waals surface area contributed by atoms with E-state index in [1.165, 1.54) is 12.1 Å². The van der Waals surface area contributed by atoms with Crippen LogP contribution in [-0.4, -0.2) is 27.8 Å². The third kappa shape index (κ3) is 1.63. The van der Waals surface area contributed by atoms with Gasteiger partial charge in [-0.3, -0.25) is 9.89 Å². The monoisotopic (exact) mass is 219 g/mol. The van der Waals surface area contributed by atoms with Crippen molar-refractivity contribution in [3.05, 3.63) is 34.4 Å². The lowest BCUT2D eigenvalue weighted by molar-refractivity contribution is 0.0781. The summed E-state index contributed by atoms with van der Waals surface area (Å²) in [5.41, 5.74) is 0.658. The van der Waals surface area contributed by atoms with Crippen LogP contribution in [0.5, 0.6) is 0 Å². The number of fused-ring (bicyclic) bond motifs is 1. The number of pyridine rings is 1. The Hall–Kier alpha value is -1.62. The first-order chi connectivity index (χ1) is 7.83. The van der Waals surface area contributed by atoms with Crippen molar-refractivity contribution in [2.75, 3.05) is 13.2 Å². The first-order valence-corrected chi connectivity index (χ1v) is 5.49. The number of rotatable bonds is 1. The van der Waals surface area contributed by atoms with Crippen molar-refractivity contribution in [2.24, 2.45) is 0 Å². The fourth-order valence-corrected chi connectivity index (χ4v) is 2.06. The third-order valence-corrected chi connectivity index (χ3v) is 2.92. The zero-order valence-electron chi connectivity index (χ0n) is 8.85. The van der Waals surface area contributed by atoms with E-state index in [0.717, 1.165) is 25.3 Å². The molecule has 3 rings (SSSR count). The minimum atomic E-state index is -0.0158. The van der Waals surface area contributed by atoms with Crippen LogP contribution in [0, 0.1) is 0 Å². The highest BCUT2D eigenvalue weighted by Gasteiger charge is 2.19. The third-order valence-electron chi connectivity index (χ3n) is 2.92. The summed E-state index contributed by atoms with van der Waals surface area (Å²) in [6.45, 7) is 1.55. The summed E-state index contributed by atoms with van der Waals surface area (Å²) in [5, 5.41) is 3.18. The predicted octanol–water partition coefficient (Wildman–Crippen LogP) is 0.917. The summed E-state index contributed by atoms with van der Waals surface area (Å²) in [4.78, 5) is 15.6. The van der Waals surface area contributed by atoms with Gasteiger partial charge in [0.1, 0.15) is 5.82 Å². The number of H-pyrrole nitrogens is 1. The first kappa shape index (κ1) is 9.59. The predicted molar refractivity (Wildman–Crippen MR) is 58.6 cm³/mol. The summed E-state index contributed by atoms with van der Waals surface area (Å²) >= 11 is 0. The second kappa shape index (κ2) is 3.75. The second-order valence-corrected chi connectivity index (χ2v) is 4.11. The number of ether oxygens (including phenoxy) is 1. The second-order valence-electron chi connectivity index (χ2n) is 4.11. The molecule has 5 nitrogen and oxygen atoms in total. The van der Waals surface area contributed by atoms with E-state index in [-0.39, 0.29) is 5.43 Å². The number of aromatic amines is 1. The summed E-state index contributed by atoms with van der Waals surface area (Å²) in [6.07, 6.45) is 3.86. The molecule has 1 fully saturated rings. The fourth-order valence-electron chi connectivity index (χ4n) is 2.06. The minimum Gasteiger partial charge on any atom is -0.381 e. The van der Waals surface area contributed by atoms with Gasteiger partial charge in [-0.15, -0.1) is 0 Å². The number of nitrogens with zero attached hydrogens (tertiary/aromatic N) is 2. The van der Waals surface area contributed by atoms with Gasteiger partial charge in [0, 0.05) is 30.9 Å². The summed E-state index contributed by atoms with van der Waals surface area (Å²) in [5.74, 6) is 1.23. The largest absolute Gasteiger partial charge is 0.381 e. The maximum Gasteiger partial charge on any atom is 0.183 e. The molecule has 2 aromatic heterocycles. The molecule has 16 heavy (non-hydrogen) atoms. The topological polar surface area (TPSA) is 59.4 Å². The van der Waals surface area contributed by atoms with Crippen molar-refractivity contribution in [1.29, 1.82) is 0 Å². The number of nitrogens with one attached hydrogen (secondary N) is 1. The van der Waals surface area contributed by atoms with Gasteiger partial charge in [0.05, 0.1) is 6.61 Å². The van der Waals surface area contributed by atoms with Crippen LogP contribution in [0.2, 0.25) is 0 Å². The van der Waals surface area contributed by atoms with Gasteiger partial charge >= 0.3 is 0 Å². The molecule has 0 radical (unpaired) electrons. The van der Waals surface area contributed by atoms with Crippen LogP contribution < -0.4 is 5.43 Å². The van der Waals surface area contributed by atoms with E-state index in [2.05, 4.69) is 10.1 Å². The molecule has 84 valence electrons. The van der Waals surface area contributed by atoms with Crippen molar-refractivity contribution in [3.8, 4) is 0 Å². The van der Waals surface area contributed by atoms with Crippen molar-refractivity contribution in [1.82, 2.24) is 14.6 Å². The highest BCUT2D eigenvalue weighted by molar-refractivity contribution is 5.36. The van der Waals surface area contributed by atoms with E-state index in [0.29, 0.717) is 18.2 Å². The average Bonchev–Trinajstić information content (AvgIpc) is 2.73. The molecular weight excluding hydrogens is 206 g/mol. The Labute approximate surface area is 92.1 Å². The first-order valence-electron chi connectivity index (χ1n) is 5.49. The SMILES string of the molecule is O=c1ccn2[nH]c(C3CCCOC3)nc2c1. The van der Waals surface area contributed by atoms with Gasteiger partial charge in [-0.25, -0.2) is 9.50 Å². The van der Waals surface area contributed by atoms with Gasteiger partial charge in [-0.2, -0.15) is 0 Å². The molecule has 0 spiro atoms. The number of aromatic nitrogens is 3. The molecule has 0 aromatic carbocycles. The molecule has 5 heteroatoms. The molecule has 1 aliphatic heterocycles. The normalized spacial score (nSPS) is 21.4. The highest BCUT2D eigenvalue weighted by atomic mass is 16.5. The Bertz CT molecular complexity index is 552. The van der Waals surface area contributed by atoms with E-state index in [1.54, 1.807) is 10.7 Å². The molecule has 1 saturated heterocycles. The molecule has 1 N–H and O–H groups in total. The van der Waals surface area contributed by atoms with Gasteiger partial charge in [0.2, 0.25) is 0 Å². The molecule has 1 atom stereocenters. The maximum absolute atomic E-state index is 11.2. The van der Waals surface area contributed by atoms with Crippen LogP contribution in [0.4, 0.5) is 0 Å². The smallest absolute Gasteiger partial charge is 0.183 e. The molecule has 1 unspecified atom stereocenters. The van der Waals surface area contributed by atoms with Crippen molar-refractivity contribution >= 4 is 5.65 Å². The molecule has 0 saturated carbocycles. The van der Waals surface area contributed by atoms with Crippen LogP contribution in [0.1, 0.15) is 24.6 Å². The van der Waals surface area contributed by atoms with E-state index < -0.39 is 0 Å². The molecule has 1 aliphatic rings. The number of hydrogen-bond donors (Lipinski definition) is 1. The average molecular weight is 219 g/mol. The minimum absolute atomic E-state index is 0.0158. The van der Waals surface area contributed by atoms with Gasteiger partial charge in [0.25, 0.3) is 0 Å². The molecule has 0 aliphatic carbocycles. The van der Waals surface area contributed by atoms with Gasteiger partial charge in [0.15, 0.2) is 11.1 Å². The fraction of sp³-hybridized carbons (Fsp3) is 0.455. The molecule has 0 bridgehead atoms. The number of hydrogen-bond acceptors (Lipinski definition) is 3. The summed E-state index contributed by atoms with van der Waals surface area (Å²) in [7, 11) is 0. The lowest BCUT2D eigenvalue weighted by Crippen LogP contribution is -2.16. The Kier molecular flexibility index (Phi) is 2.25. The van der Waals surface area contributed by atoms with Crippen molar-refractivity contribution in [2.45, 2.75) is 18.8 Å². The quantitative estimate of drug-likeness (QED) is 0.775. The molecule has 3 heterocycles. The van der Waals surface area contributed by atoms with Gasteiger partial charge in [-0.1, -0.05) is 0 Å². The molecule has 0 amide bonds. The Morgan fingerprint density at radius 1 is 1.56 bits per heavy atom. The van der Waals surface area contributed by atoms with Gasteiger partial charge < -0.3 is 4.74 Å². The Morgan fingerprint density at radius 2 is 2.50 bits per heavy atom. The zero-order chi connectivity index (χ0) is 11.0. The lowest BCUT2D eigenvalue weighted by atomic mass is 10.0. The molecular formula is C11H13N3O2.